The number of piperidine rings is 1. The van der Waals surface area contributed by atoms with E-state index in [9.17, 15) is 14.4 Å². The number of rotatable bonds is 2. The van der Waals surface area contributed by atoms with Crippen molar-refractivity contribution in [2.75, 3.05) is 13.7 Å². The van der Waals surface area contributed by atoms with Crippen molar-refractivity contribution in [1.82, 2.24) is 9.80 Å². The van der Waals surface area contributed by atoms with Gasteiger partial charge in [0.2, 0.25) is 5.91 Å². The summed E-state index contributed by atoms with van der Waals surface area (Å²) < 4.78 is 10.7. The van der Waals surface area contributed by atoms with Crippen LogP contribution in [0.15, 0.2) is 24.3 Å². The van der Waals surface area contributed by atoms with Gasteiger partial charge in [0, 0.05) is 18.9 Å². The number of methoxy groups -OCH3 is 1. The molecule has 0 radical (unpaired) electrons. The van der Waals surface area contributed by atoms with E-state index < -0.39 is 23.8 Å². The van der Waals surface area contributed by atoms with E-state index >= 15 is 0 Å². The lowest BCUT2D eigenvalue weighted by molar-refractivity contribution is -0.155. The Morgan fingerprint density at radius 1 is 1.06 bits per heavy atom. The van der Waals surface area contributed by atoms with E-state index in [4.69, 9.17) is 9.47 Å². The summed E-state index contributed by atoms with van der Waals surface area (Å²) in [4.78, 5) is 42.6. The lowest BCUT2D eigenvalue weighted by Gasteiger charge is -2.40. The maximum atomic E-state index is 13.8. The minimum Gasteiger partial charge on any atom is -0.467 e. The predicted octanol–water partition coefficient (Wildman–Crippen LogP) is 3.00. The first-order valence-corrected chi connectivity index (χ1v) is 10.9. The summed E-state index contributed by atoms with van der Waals surface area (Å²) in [6.07, 6.45) is -0.114. The molecule has 31 heavy (non-hydrogen) atoms. The molecule has 7 heteroatoms. The summed E-state index contributed by atoms with van der Waals surface area (Å²) >= 11 is 0. The van der Waals surface area contributed by atoms with Gasteiger partial charge in [-0.15, -0.1) is 0 Å². The molecule has 1 aromatic rings. The minimum atomic E-state index is -0.711. The second-order valence-electron chi connectivity index (χ2n) is 10.5. The van der Waals surface area contributed by atoms with E-state index in [1.165, 1.54) is 12.0 Å². The van der Waals surface area contributed by atoms with Crippen LogP contribution in [0.3, 0.4) is 0 Å². The van der Waals surface area contributed by atoms with E-state index in [2.05, 4.69) is 13.8 Å². The first-order valence-electron chi connectivity index (χ1n) is 10.9. The highest BCUT2D eigenvalue weighted by Gasteiger charge is 2.70. The Bertz CT molecular complexity index is 919. The fourth-order valence-electron chi connectivity index (χ4n) is 5.35. The van der Waals surface area contributed by atoms with Crippen LogP contribution in [0.1, 0.15) is 45.7 Å². The number of carbonyl (C=O) groups excluding carboxylic acids is 3. The molecule has 0 aromatic heterocycles. The highest BCUT2D eigenvalue weighted by atomic mass is 16.6. The second-order valence-corrected chi connectivity index (χ2v) is 10.5. The van der Waals surface area contributed by atoms with Crippen molar-refractivity contribution in [3.8, 4) is 0 Å². The number of amides is 2. The summed E-state index contributed by atoms with van der Waals surface area (Å²) in [5.74, 6) is -0.230. The average Bonchev–Trinajstić information content (AvgIpc) is 3.03. The van der Waals surface area contributed by atoms with Crippen LogP contribution in [0.5, 0.6) is 0 Å². The number of esters is 1. The molecule has 168 valence electrons. The second kappa shape index (κ2) is 7.24. The quantitative estimate of drug-likeness (QED) is 0.677. The van der Waals surface area contributed by atoms with Gasteiger partial charge in [0.25, 0.3) is 0 Å². The third-order valence-corrected chi connectivity index (χ3v) is 7.10. The highest BCUT2D eigenvalue weighted by Crippen LogP contribution is 2.65. The normalized spacial score (nSPS) is 28.5. The molecule has 2 fully saturated rings. The monoisotopic (exact) mass is 428 g/mol. The Morgan fingerprint density at radius 3 is 2.32 bits per heavy atom. The Hall–Kier alpha value is -2.57. The molecule has 1 saturated carbocycles. The number of carbonyl (C=O) groups is 3. The van der Waals surface area contributed by atoms with Crippen LogP contribution in [-0.4, -0.2) is 59.1 Å². The molecule has 0 N–H and O–H groups in total. The average molecular weight is 429 g/mol. The predicted molar refractivity (Wildman–Crippen MR) is 114 cm³/mol. The number of hydrogen-bond donors (Lipinski definition) is 0. The number of benzene rings is 1. The van der Waals surface area contributed by atoms with Crippen molar-refractivity contribution in [2.24, 2.45) is 17.3 Å². The molecule has 4 rings (SSSR count). The molecule has 1 aromatic carbocycles. The minimum absolute atomic E-state index is 0.0135. The molecule has 2 amide bonds. The van der Waals surface area contributed by atoms with Gasteiger partial charge in [-0.1, -0.05) is 38.1 Å². The Labute approximate surface area is 183 Å². The summed E-state index contributed by atoms with van der Waals surface area (Å²) in [7, 11) is 1.36. The molecule has 0 unspecified atom stereocenters. The SMILES string of the molecule is COC(=O)[C@@H]1[C@@H]2[C@H](CN1C(=O)[C@@H]1Cc3ccccc3CN1C(=O)OC(C)(C)C)C2(C)C. The zero-order chi connectivity index (χ0) is 22.7. The third kappa shape index (κ3) is 3.68. The van der Waals surface area contributed by atoms with Gasteiger partial charge in [-0.05, 0) is 43.2 Å². The van der Waals surface area contributed by atoms with Crippen molar-refractivity contribution >= 4 is 18.0 Å². The molecule has 7 nitrogen and oxygen atoms in total. The van der Waals surface area contributed by atoms with Gasteiger partial charge in [0.1, 0.15) is 17.7 Å². The number of nitrogens with zero attached hydrogens (tertiary/aromatic N) is 2. The van der Waals surface area contributed by atoms with Crippen LogP contribution in [0.4, 0.5) is 4.79 Å². The third-order valence-electron chi connectivity index (χ3n) is 7.10. The Balaban J connectivity index is 1.64. The standard InChI is InChI=1S/C24H32N2O5/c1-23(2,3)31-22(29)25-12-15-10-8-7-9-14(15)11-17(25)20(27)26-13-16-18(24(16,4)5)19(26)21(28)30-6/h7-10,16-19H,11-13H2,1-6H3/t16-,17-,18-,19-/m0/s1. The summed E-state index contributed by atoms with van der Waals surface area (Å²) in [6, 6.07) is 6.52. The first kappa shape index (κ1) is 21.7. The maximum Gasteiger partial charge on any atom is 0.411 e. The number of hydrogen-bond acceptors (Lipinski definition) is 5. The van der Waals surface area contributed by atoms with Crippen LogP contribution >= 0.6 is 0 Å². The zero-order valence-corrected chi connectivity index (χ0v) is 19.2. The smallest absolute Gasteiger partial charge is 0.411 e. The van der Waals surface area contributed by atoms with Gasteiger partial charge in [-0.25, -0.2) is 9.59 Å². The van der Waals surface area contributed by atoms with E-state index in [0.717, 1.165) is 11.1 Å². The van der Waals surface area contributed by atoms with E-state index in [0.29, 0.717) is 19.5 Å². The number of fused-ring (bicyclic) bond motifs is 2. The largest absolute Gasteiger partial charge is 0.467 e. The zero-order valence-electron chi connectivity index (χ0n) is 19.2. The van der Waals surface area contributed by atoms with Crippen LogP contribution in [0.2, 0.25) is 0 Å². The Kier molecular flexibility index (Phi) is 5.06. The van der Waals surface area contributed by atoms with Gasteiger partial charge < -0.3 is 14.4 Å². The maximum absolute atomic E-state index is 13.8. The van der Waals surface area contributed by atoms with Crippen molar-refractivity contribution in [3.63, 3.8) is 0 Å². The first-order chi connectivity index (χ1) is 14.5. The van der Waals surface area contributed by atoms with E-state index in [1.807, 2.05) is 45.0 Å². The molecular formula is C24H32N2O5. The van der Waals surface area contributed by atoms with Crippen LogP contribution < -0.4 is 0 Å². The van der Waals surface area contributed by atoms with Crippen molar-refractivity contribution in [1.29, 1.82) is 0 Å². The van der Waals surface area contributed by atoms with Gasteiger partial charge in [-0.2, -0.15) is 0 Å². The molecule has 3 aliphatic rings. The van der Waals surface area contributed by atoms with Crippen LogP contribution in [0, 0.1) is 17.3 Å². The summed E-state index contributed by atoms with van der Waals surface area (Å²) in [6.45, 7) is 10.5. The van der Waals surface area contributed by atoms with E-state index in [-0.39, 0.29) is 29.1 Å². The molecule has 0 spiro atoms. The van der Waals surface area contributed by atoms with Crippen molar-refractivity contribution < 1.29 is 23.9 Å². The molecule has 4 atom stereocenters. The molecular weight excluding hydrogens is 396 g/mol. The topological polar surface area (TPSA) is 76.2 Å². The lowest BCUT2D eigenvalue weighted by atomic mass is 9.92. The summed E-state index contributed by atoms with van der Waals surface area (Å²) in [5.41, 5.74) is 1.39. The Morgan fingerprint density at radius 2 is 1.71 bits per heavy atom. The lowest BCUT2D eigenvalue weighted by Crippen LogP contribution is -2.57. The van der Waals surface area contributed by atoms with Crippen molar-refractivity contribution in [3.05, 3.63) is 35.4 Å². The molecule has 1 aliphatic carbocycles. The van der Waals surface area contributed by atoms with Gasteiger partial charge in [-0.3, -0.25) is 9.69 Å². The fourth-order valence-corrected chi connectivity index (χ4v) is 5.35. The molecule has 1 saturated heterocycles. The number of likely N-dealkylation sites (tertiary alicyclic amines) is 1. The van der Waals surface area contributed by atoms with Gasteiger partial charge in [0.15, 0.2) is 0 Å². The summed E-state index contributed by atoms with van der Waals surface area (Å²) in [5, 5.41) is 0. The number of ether oxygens (including phenoxy) is 2. The molecule has 2 heterocycles. The van der Waals surface area contributed by atoms with Crippen molar-refractivity contribution in [2.45, 2.75) is 65.3 Å². The van der Waals surface area contributed by atoms with Crippen LogP contribution in [-0.2, 0) is 32.0 Å². The molecule has 0 bridgehead atoms. The van der Waals surface area contributed by atoms with Gasteiger partial charge >= 0.3 is 12.1 Å². The van der Waals surface area contributed by atoms with E-state index in [1.54, 1.807) is 4.90 Å². The fraction of sp³-hybridized carbons (Fsp3) is 0.625. The van der Waals surface area contributed by atoms with Gasteiger partial charge in [0.05, 0.1) is 13.7 Å². The molecule has 2 aliphatic heterocycles. The highest BCUT2D eigenvalue weighted by molar-refractivity contribution is 5.91. The van der Waals surface area contributed by atoms with Crippen LogP contribution in [0.25, 0.3) is 0 Å².